The number of esters is 1. The Kier molecular flexibility index (Phi) is 5.94. The van der Waals surface area contributed by atoms with Crippen LogP contribution in [-0.2, 0) is 21.6 Å². The lowest BCUT2D eigenvalue weighted by Crippen LogP contribution is -2.45. The largest absolute Gasteiger partial charge is 0.460 e. The highest BCUT2D eigenvalue weighted by molar-refractivity contribution is 5.83. The number of ether oxygens (including phenoxy) is 1. The topological polar surface area (TPSA) is 29.5 Å². The lowest BCUT2D eigenvalue weighted by atomic mass is 9.77. The standard InChI is InChI=1S/C20H25NO2/c1-4-20(16-21(2)3,18-13-9-6-10-14-18)19(22)23-15-17-11-7-5-8-12-17/h5-14H,4,15-16H2,1-3H3. The number of rotatable bonds is 7. The molecule has 2 aromatic carbocycles. The van der Waals surface area contributed by atoms with Crippen molar-refractivity contribution in [3.63, 3.8) is 0 Å². The van der Waals surface area contributed by atoms with Gasteiger partial charge in [0.15, 0.2) is 0 Å². The fourth-order valence-corrected chi connectivity index (χ4v) is 2.89. The summed E-state index contributed by atoms with van der Waals surface area (Å²) in [5, 5.41) is 0. The summed E-state index contributed by atoms with van der Waals surface area (Å²) in [6, 6.07) is 19.7. The molecule has 0 N–H and O–H groups in total. The maximum atomic E-state index is 13.0. The molecule has 0 fully saturated rings. The third kappa shape index (κ3) is 4.20. The number of benzene rings is 2. The lowest BCUT2D eigenvalue weighted by Gasteiger charge is -2.33. The van der Waals surface area contributed by atoms with Crippen molar-refractivity contribution in [2.45, 2.75) is 25.4 Å². The molecule has 0 bridgehead atoms. The molecule has 3 nitrogen and oxygen atoms in total. The molecule has 3 heteroatoms. The molecular weight excluding hydrogens is 286 g/mol. The van der Waals surface area contributed by atoms with Crippen molar-refractivity contribution in [1.29, 1.82) is 0 Å². The van der Waals surface area contributed by atoms with Crippen LogP contribution in [0.2, 0.25) is 0 Å². The van der Waals surface area contributed by atoms with E-state index in [1.54, 1.807) is 0 Å². The summed E-state index contributed by atoms with van der Waals surface area (Å²) in [7, 11) is 3.97. The highest BCUT2D eigenvalue weighted by atomic mass is 16.5. The zero-order chi connectivity index (χ0) is 16.7. The van der Waals surface area contributed by atoms with Crippen molar-refractivity contribution < 1.29 is 9.53 Å². The Balaban J connectivity index is 2.24. The van der Waals surface area contributed by atoms with E-state index in [0.29, 0.717) is 19.6 Å². The minimum atomic E-state index is -0.639. The molecular formula is C20H25NO2. The van der Waals surface area contributed by atoms with Gasteiger partial charge in [-0.3, -0.25) is 4.79 Å². The Morgan fingerprint density at radius 2 is 1.57 bits per heavy atom. The number of nitrogens with zero attached hydrogens (tertiary/aromatic N) is 1. The molecule has 0 saturated heterocycles. The van der Waals surface area contributed by atoms with Crippen molar-refractivity contribution in [2.75, 3.05) is 20.6 Å². The molecule has 0 spiro atoms. The molecule has 0 aromatic heterocycles. The Bertz CT molecular complexity index is 610. The van der Waals surface area contributed by atoms with Crippen LogP contribution in [0.25, 0.3) is 0 Å². The zero-order valence-electron chi connectivity index (χ0n) is 14.2. The monoisotopic (exact) mass is 311 g/mol. The fraction of sp³-hybridized carbons (Fsp3) is 0.350. The number of likely N-dealkylation sites (N-methyl/N-ethyl adjacent to an activating group) is 1. The summed E-state index contributed by atoms with van der Waals surface area (Å²) in [6.07, 6.45) is 0.697. The average molecular weight is 311 g/mol. The Morgan fingerprint density at radius 3 is 2.09 bits per heavy atom. The van der Waals surface area contributed by atoms with E-state index in [0.717, 1.165) is 11.1 Å². The predicted octanol–water partition coefficient (Wildman–Crippen LogP) is 3.64. The summed E-state index contributed by atoms with van der Waals surface area (Å²) >= 11 is 0. The Morgan fingerprint density at radius 1 is 1.00 bits per heavy atom. The van der Waals surface area contributed by atoms with E-state index in [1.807, 2.05) is 86.6 Å². The minimum Gasteiger partial charge on any atom is -0.460 e. The van der Waals surface area contributed by atoms with Gasteiger partial charge in [-0.05, 0) is 31.6 Å². The molecule has 23 heavy (non-hydrogen) atoms. The van der Waals surface area contributed by atoms with Gasteiger partial charge in [0.25, 0.3) is 0 Å². The van der Waals surface area contributed by atoms with Gasteiger partial charge in [0.1, 0.15) is 12.0 Å². The first kappa shape index (κ1) is 17.2. The van der Waals surface area contributed by atoms with Gasteiger partial charge in [-0.15, -0.1) is 0 Å². The first-order valence-corrected chi connectivity index (χ1v) is 8.00. The second-order valence-electron chi connectivity index (χ2n) is 6.10. The van der Waals surface area contributed by atoms with Crippen LogP contribution in [0, 0.1) is 0 Å². The van der Waals surface area contributed by atoms with E-state index in [9.17, 15) is 4.79 Å². The summed E-state index contributed by atoms with van der Waals surface area (Å²) < 4.78 is 5.67. The van der Waals surface area contributed by atoms with Crippen molar-refractivity contribution in [2.24, 2.45) is 0 Å². The molecule has 0 aliphatic carbocycles. The van der Waals surface area contributed by atoms with Gasteiger partial charge in [0.05, 0.1) is 0 Å². The molecule has 0 saturated carbocycles. The van der Waals surface area contributed by atoms with Crippen molar-refractivity contribution in [3.8, 4) is 0 Å². The quantitative estimate of drug-likeness (QED) is 0.731. The third-order valence-electron chi connectivity index (χ3n) is 4.12. The van der Waals surface area contributed by atoms with Crippen LogP contribution in [0.3, 0.4) is 0 Å². The van der Waals surface area contributed by atoms with Gasteiger partial charge >= 0.3 is 5.97 Å². The van der Waals surface area contributed by atoms with Crippen LogP contribution >= 0.6 is 0 Å². The first-order chi connectivity index (χ1) is 11.1. The van der Waals surface area contributed by atoms with Crippen molar-refractivity contribution >= 4 is 5.97 Å². The van der Waals surface area contributed by atoms with E-state index in [-0.39, 0.29) is 5.97 Å². The molecule has 0 aliphatic rings. The summed E-state index contributed by atoms with van der Waals surface area (Å²) in [4.78, 5) is 15.0. The highest BCUT2D eigenvalue weighted by Gasteiger charge is 2.40. The smallest absolute Gasteiger partial charge is 0.318 e. The molecule has 2 rings (SSSR count). The van der Waals surface area contributed by atoms with Crippen molar-refractivity contribution in [3.05, 3.63) is 71.8 Å². The molecule has 2 aromatic rings. The third-order valence-corrected chi connectivity index (χ3v) is 4.12. The van der Waals surface area contributed by atoms with E-state index in [2.05, 4.69) is 0 Å². The lowest BCUT2D eigenvalue weighted by molar-refractivity contribution is -0.153. The van der Waals surface area contributed by atoms with Gasteiger partial charge < -0.3 is 9.64 Å². The fourth-order valence-electron chi connectivity index (χ4n) is 2.89. The normalized spacial score (nSPS) is 13.6. The SMILES string of the molecule is CCC(CN(C)C)(C(=O)OCc1ccccc1)c1ccccc1. The second kappa shape index (κ2) is 7.93. The summed E-state index contributed by atoms with van der Waals surface area (Å²) in [6.45, 7) is 2.98. The molecule has 0 aliphatic heterocycles. The van der Waals surface area contributed by atoms with Crippen LogP contribution < -0.4 is 0 Å². The van der Waals surface area contributed by atoms with E-state index in [1.165, 1.54) is 0 Å². The molecule has 0 heterocycles. The molecule has 122 valence electrons. The van der Waals surface area contributed by atoms with Gasteiger partial charge in [-0.25, -0.2) is 0 Å². The molecule has 0 amide bonds. The Hall–Kier alpha value is -2.13. The Labute approximate surface area is 138 Å². The van der Waals surface area contributed by atoms with E-state index >= 15 is 0 Å². The molecule has 0 radical (unpaired) electrons. The van der Waals surface area contributed by atoms with Crippen LogP contribution in [0.4, 0.5) is 0 Å². The molecule has 1 atom stereocenters. The maximum Gasteiger partial charge on any atom is 0.318 e. The number of hydrogen-bond donors (Lipinski definition) is 0. The van der Waals surface area contributed by atoms with Crippen LogP contribution in [0.1, 0.15) is 24.5 Å². The molecule has 1 unspecified atom stereocenters. The van der Waals surface area contributed by atoms with Gasteiger partial charge in [0.2, 0.25) is 0 Å². The second-order valence-corrected chi connectivity index (χ2v) is 6.10. The number of carbonyl (C=O) groups is 1. The maximum absolute atomic E-state index is 13.0. The van der Waals surface area contributed by atoms with Gasteiger partial charge in [-0.2, -0.15) is 0 Å². The van der Waals surface area contributed by atoms with Crippen LogP contribution in [-0.4, -0.2) is 31.5 Å². The summed E-state index contributed by atoms with van der Waals surface area (Å²) in [5.74, 6) is -0.163. The van der Waals surface area contributed by atoms with E-state index in [4.69, 9.17) is 4.74 Å². The first-order valence-electron chi connectivity index (χ1n) is 8.00. The summed E-state index contributed by atoms with van der Waals surface area (Å²) in [5.41, 5.74) is 1.37. The minimum absolute atomic E-state index is 0.163. The number of carbonyl (C=O) groups excluding carboxylic acids is 1. The number of hydrogen-bond acceptors (Lipinski definition) is 3. The van der Waals surface area contributed by atoms with Crippen LogP contribution in [0.15, 0.2) is 60.7 Å². The average Bonchev–Trinajstić information content (AvgIpc) is 2.59. The zero-order valence-corrected chi connectivity index (χ0v) is 14.2. The highest BCUT2D eigenvalue weighted by Crippen LogP contribution is 2.31. The van der Waals surface area contributed by atoms with Crippen LogP contribution in [0.5, 0.6) is 0 Å². The van der Waals surface area contributed by atoms with Crippen molar-refractivity contribution in [1.82, 2.24) is 4.90 Å². The van der Waals surface area contributed by atoms with Gasteiger partial charge in [0, 0.05) is 6.54 Å². The predicted molar refractivity (Wildman–Crippen MR) is 93.2 cm³/mol. The van der Waals surface area contributed by atoms with Gasteiger partial charge in [-0.1, -0.05) is 67.6 Å². The van der Waals surface area contributed by atoms with E-state index < -0.39 is 5.41 Å².